The summed E-state index contributed by atoms with van der Waals surface area (Å²) >= 11 is 0. The number of aromatic carboxylic acids is 1. The Morgan fingerprint density at radius 2 is 1.61 bits per heavy atom. The zero-order valence-corrected chi connectivity index (χ0v) is 10.8. The first-order chi connectivity index (χ1) is 8.52. The predicted octanol–water partition coefficient (Wildman–Crippen LogP) is 3.98. The van der Waals surface area contributed by atoms with Crippen molar-refractivity contribution in [3.63, 3.8) is 0 Å². The van der Waals surface area contributed by atoms with E-state index in [1.165, 1.54) is 0 Å². The molecule has 0 aromatic heterocycles. The first-order valence-electron chi connectivity index (χ1n) is 5.92. The van der Waals surface area contributed by atoms with Gasteiger partial charge in [-0.15, -0.1) is 0 Å². The molecule has 0 aliphatic rings. The summed E-state index contributed by atoms with van der Waals surface area (Å²) in [5.41, 5.74) is 5.28. The van der Waals surface area contributed by atoms with Gasteiger partial charge in [0.25, 0.3) is 0 Å². The van der Waals surface area contributed by atoms with Crippen LogP contribution in [-0.2, 0) is 0 Å². The van der Waals surface area contributed by atoms with Crippen LogP contribution in [0.3, 0.4) is 0 Å². The number of carbonyl (C=O) groups is 1. The summed E-state index contributed by atoms with van der Waals surface area (Å²) in [5.74, 6) is -0.859. The maximum absolute atomic E-state index is 11.3. The highest BCUT2D eigenvalue weighted by molar-refractivity contribution is 5.94. The minimum atomic E-state index is -0.859. The van der Waals surface area contributed by atoms with Crippen molar-refractivity contribution in [3.8, 4) is 11.1 Å². The van der Waals surface area contributed by atoms with Crippen molar-refractivity contribution in [2.75, 3.05) is 0 Å². The molecule has 0 aliphatic carbocycles. The van der Waals surface area contributed by atoms with E-state index in [0.717, 1.165) is 27.8 Å². The molecule has 0 saturated carbocycles. The van der Waals surface area contributed by atoms with Crippen LogP contribution < -0.4 is 0 Å². The minimum absolute atomic E-state index is 0.416. The Balaban J connectivity index is 2.76. The number of hydrogen-bond donors (Lipinski definition) is 1. The van der Waals surface area contributed by atoms with Gasteiger partial charge in [0.1, 0.15) is 0 Å². The predicted molar refractivity (Wildman–Crippen MR) is 73.0 cm³/mol. The first-order valence-corrected chi connectivity index (χ1v) is 5.92. The van der Waals surface area contributed by atoms with Gasteiger partial charge in [-0.1, -0.05) is 36.4 Å². The Morgan fingerprint density at radius 1 is 1.00 bits per heavy atom. The Hall–Kier alpha value is -2.09. The molecule has 92 valence electrons. The van der Waals surface area contributed by atoms with E-state index in [0.29, 0.717) is 5.56 Å². The topological polar surface area (TPSA) is 37.3 Å². The second-order valence-electron chi connectivity index (χ2n) is 4.56. The lowest BCUT2D eigenvalue weighted by molar-refractivity contribution is 0.0695. The standard InChI is InChI=1S/C16H16O2/c1-10-9-11(2)15(16(17)18)12(3)14(10)13-7-5-4-6-8-13/h4-9H,1-3H3,(H,17,18). The lowest BCUT2D eigenvalue weighted by Crippen LogP contribution is -2.05. The normalized spacial score (nSPS) is 10.4. The van der Waals surface area contributed by atoms with Gasteiger partial charge in [0.15, 0.2) is 0 Å². The molecule has 2 nitrogen and oxygen atoms in total. The fraction of sp³-hybridized carbons (Fsp3) is 0.188. The highest BCUT2D eigenvalue weighted by atomic mass is 16.4. The molecular formula is C16H16O2. The van der Waals surface area contributed by atoms with Crippen LogP contribution in [0.15, 0.2) is 36.4 Å². The third-order valence-electron chi connectivity index (χ3n) is 3.25. The van der Waals surface area contributed by atoms with Gasteiger partial charge in [0.05, 0.1) is 5.56 Å². The highest BCUT2D eigenvalue weighted by Crippen LogP contribution is 2.31. The molecule has 0 atom stereocenters. The molecule has 2 aromatic rings. The Kier molecular flexibility index (Phi) is 3.19. The van der Waals surface area contributed by atoms with Crippen LogP contribution in [0.4, 0.5) is 0 Å². The second-order valence-corrected chi connectivity index (χ2v) is 4.56. The summed E-state index contributed by atoms with van der Waals surface area (Å²) in [5, 5.41) is 9.31. The van der Waals surface area contributed by atoms with E-state index >= 15 is 0 Å². The average molecular weight is 240 g/mol. The highest BCUT2D eigenvalue weighted by Gasteiger charge is 2.16. The third-order valence-corrected chi connectivity index (χ3v) is 3.25. The maximum atomic E-state index is 11.3. The van der Waals surface area contributed by atoms with E-state index in [-0.39, 0.29) is 0 Å². The molecule has 0 radical (unpaired) electrons. The van der Waals surface area contributed by atoms with Crippen molar-refractivity contribution in [2.24, 2.45) is 0 Å². The van der Waals surface area contributed by atoms with Gasteiger partial charge >= 0.3 is 5.97 Å². The molecule has 2 rings (SSSR count). The van der Waals surface area contributed by atoms with Crippen LogP contribution in [0.5, 0.6) is 0 Å². The first kappa shape index (κ1) is 12.4. The van der Waals surface area contributed by atoms with E-state index in [1.54, 1.807) is 0 Å². The van der Waals surface area contributed by atoms with E-state index in [2.05, 4.69) is 0 Å². The zero-order valence-electron chi connectivity index (χ0n) is 10.8. The van der Waals surface area contributed by atoms with Gasteiger partial charge in [0, 0.05) is 0 Å². The Labute approximate surface area is 107 Å². The van der Waals surface area contributed by atoms with Gasteiger partial charge < -0.3 is 5.11 Å². The lowest BCUT2D eigenvalue weighted by Gasteiger charge is -2.15. The molecule has 0 amide bonds. The van der Waals surface area contributed by atoms with Gasteiger partial charge in [-0.05, 0) is 48.6 Å². The number of aryl methyl sites for hydroxylation is 2. The molecule has 0 fully saturated rings. The van der Waals surface area contributed by atoms with Crippen LogP contribution in [0.2, 0.25) is 0 Å². The fourth-order valence-electron chi connectivity index (χ4n) is 2.56. The van der Waals surface area contributed by atoms with Crippen molar-refractivity contribution in [1.82, 2.24) is 0 Å². The van der Waals surface area contributed by atoms with Crippen molar-refractivity contribution in [3.05, 3.63) is 58.7 Å². The SMILES string of the molecule is Cc1cc(C)c(-c2ccccc2)c(C)c1C(=O)O. The maximum Gasteiger partial charge on any atom is 0.336 e. The lowest BCUT2D eigenvalue weighted by atomic mass is 9.89. The van der Waals surface area contributed by atoms with Gasteiger partial charge in [-0.25, -0.2) is 4.79 Å². The molecule has 18 heavy (non-hydrogen) atoms. The van der Waals surface area contributed by atoms with Crippen LogP contribution in [-0.4, -0.2) is 11.1 Å². The Bertz CT molecular complexity index is 598. The van der Waals surface area contributed by atoms with Crippen LogP contribution in [0, 0.1) is 20.8 Å². The molecule has 0 aliphatic heterocycles. The van der Waals surface area contributed by atoms with Crippen molar-refractivity contribution in [2.45, 2.75) is 20.8 Å². The van der Waals surface area contributed by atoms with Crippen molar-refractivity contribution < 1.29 is 9.90 Å². The molecular weight excluding hydrogens is 224 g/mol. The van der Waals surface area contributed by atoms with Crippen LogP contribution in [0.1, 0.15) is 27.0 Å². The summed E-state index contributed by atoms with van der Waals surface area (Å²) in [6.07, 6.45) is 0. The summed E-state index contributed by atoms with van der Waals surface area (Å²) < 4.78 is 0. The van der Waals surface area contributed by atoms with Gasteiger partial charge in [0.2, 0.25) is 0 Å². The zero-order chi connectivity index (χ0) is 13.3. The summed E-state index contributed by atoms with van der Waals surface area (Å²) in [4.78, 5) is 11.3. The minimum Gasteiger partial charge on any atom is -0.478 e. The number of rotatable bonds is 2. The summed E-state index contributed by atoms with van der Waals surface area (Å²) in [6.45, 7) is 5.75. The largest absolute Gasteiger partial charge is 0.478 e. The number of carboxylic acid groups (broad SMARTS) is 1. The van der Waals surface area contributed by atoms with E-state index < -0.39 is 5.97 Å². The number of carboxylic acids is 1. The molecule has 0 heterocycles. The Morgan fingerprint density at radius 3 is 2.17 bits per heavy atom. The molecule has 0 spiro atoms. The van der Waals surface area contributed by atoms with Gasteiger partial charge in [-0.3, -0.25) is 0 Å². The van der Waals surface area contributed by atoms with E-state index in [4.69, 9.17) is 0 Å². The number of benzene rings is 2. The fourth-order valence-corrected chi connectivity index (χ4v) is 2.56. The molecule has 0 unspecified atom stereocenters. The second kappa shape index (κ2) is 4.65. The number of hydrogen-bond acceptors (Lipinski definition) is 1. The van der Waals surface area contributed by atoms with Crippen molar-refractivity contribution >= 4 is 5.97 Å². The van der Waals surface area contributed by atoms with E-state index in [1.807, 2.05) is 57.2 Å². The van der Waals surface area contributed by atoms with Crippen LogP contribution in [0.25, 0.3) is 11.1 Å². The molecule has 0 bridgehead atoms. The molecule has 2 heteroatoms. The molecule has 0 saturated heterocycles. The quantitative estimate of drug-likeness (QED) is 0.862. The molecule has 2 aromatic carbocycles. The third kappa shape index (κ3) is 2.02. The van der Waals surface area contributed by atoms with Crippen LogP contribution >= 0.6 is 0 Å². The van der Waals surface area contributed by atoms with E-state index in [9.17, 15) is 9.90 Å². The van der Waals surface area contributed by atoms with Gasteiger partial charge in [-0.2, -0.15) is 0 Å². The molecule has 1 N–H and O–H groups in total. The smallest absolute Gasteiger partial charge is 0.336 e. The van der Waals surface area contributed by atoms with Crippen molar-refractivity contribution in [1.29, 1.82) is 0 Å². The average Bonchev–Trinajstić information content (AvgIpc) is 2.28. The summed E-state index contributed by atoms with van der Waals surface area (Å²) in [6, 6.07) is 11.9. The summed E-state index contributed by atoms with van der Waals surface area (Å²) in [7, 11) is 0. The monoisotopic (exact) mass is 240 g/mol.